The molecule has 136 valence electrons. The fourth-order valence-electron chi connectivity index (χ4n) is 3.01. The zero-order chi connectivity index (χ0) is 18.7. The summed E-state index contributed by atoms with van der Waals surface area (Å²) in [5.41, 5.74) is 0.254. The molecule has 0 spiro atoms. The molecule has 0 unspecified atom stereocenters. The molecule has 0 aliphatic carbocycles. The zero-order valence-corrected chi connectivity index (χ0v) is 14.7. The number of phenols is 1. The maximum absolute atomic E-state index is 14.0. The number of halogens is 2. The lowest BCUT2D eigenvalue weighted by Crippen LogP contribution is -2.37. The van der Waals surface area contributed by atoms with Gasteiger partial charge in [-0.15, -0.1) is 0 Å². The van der Waals surface area contributed by atoms with Crippen molar-refractivity contribution in [2.45, 2.75) is 6.42 Å². The number of rotatable bonds is 2. The first-order valence-electron chi connectivity index (χ1n) is 8.29. The van der Waals surface area contributed by atoms with Gasteiger partial charge in [0.25, 0.3) is 11.8 Å². The van der Waals surface area contributed by atoms with Crippen molar-refractivity contribution in [2.75, 3.05) is 26.2 Å². The third-order valence-corrected chi connectivity index (χ3v) is 4.66. The van der Waals surface area contributed by atoms with Crippen molar-refractivity contribution in [3.05, 3.63) is 64.4 Å². The summed E-state index contributed by atoms with van der Waals surface area (Å²) in [4.78, 5) is 28.4. The predicted molar refractivity (Wildman–Crippen MR) is 95.9 cm³/mol. The minimum absolute atomic E-state index is 0.0247. The molecule has 0 aromatic heterocycles. The Morgan fingerprint density at radius 2 is 1.62 bits per heavy atom. The molecule has 1 aliphatic heterocycles. The maximum Gasteiger partial charge on any atom is 0.258 e. The van der Waals surface area contributed by atoms with E-state index >= 15 is 0 Å². The number of amides is 2. The highest BCUT2D eigenvalue weighted by Gasteiger charge is 2.26. The van der Waals surface area contributed by atoms with Gasteiger partial charge in [-0.3, -0.25) is 9.59 Å². The number of phenolic OH excluding ortho intramolecular Hbond substituents is 1. The van der Waals surface area contributed by atoms with E-state index in [1.165, 1.54) is 35.2 Å². The van der Waals surface area contributed by atoms with Crippen LogP contribution in [0.25, 0.3) is 0 Å². The molecule has 1 fully saturated rings. The average Bonchev–Trinajstić information content (AvgIpc) is 2.87. The minimum atomic E-state index is -0.653. The Morgan fingerprint density at radius 3 is 2.27 bits per heavy atom. The molecule has 0 atom stereocenters. The van der Waals surface area contributed by atoms with Crippen LogP contribution >= 0.6 is 11.6 Å². The van der Waals surface area contributed by atoms with Crippen molar-refractivity contribution in [3.8, 4) is 5.75 Å². The SMILES string of the molecule is O=C(c1cccc(O)c1)N1CCCN(C(=O)c2c(F)cccc2Cl)CC1. The summed E-state index contributed by atoms with van der Waals surface area (Å²) in [6, 6.07) is 10.3. The molecular formula is C19H18ClFN2O3. The van der Waals surface area contributed by atoms with Gasteiger partial charge in [0.15, 0.2) is 0 Å². The molecule has 1 heterocycles. The van der Waals surface area contributed by atoms with E-state index in [1.54, 1.807) is 17.0 Å². The summed E-state index contributed by atoms with van der Waals surface area (Å²) in [5.74, 6) is -1.31. The Morgan fingerprint density at radius 1 is 0.962 bits per heavy atom. The predicted octanol–water partition coefficient (Wildman–Crippen LogP) is 3.17. The summed E-state index contributed by atoms with van der Waals surface area (Å²) < 4.78 is 14.0. The van der Waals surface area contributed by atoms with Gasteiger partial charge in [-0.25, -0.2) is 4.39 Å². The molecule has 5 nitrogen and oxygen atoms in total. The Hall–Kier alpha value is -2.60. The van der Waals surface area contributed by atoms with Crippen LogP contribution in [-0.2, 0) is 0 Å². The van der Waals surface area contributed by atoms with Gasteiger partial charge >= 0.3 is 0 Å². The molecule has 26 heavy (non-hydrogen) atoms. The van der Waals surface area contributed by atoms with Gasteiger partial charge < -0.3 is 14.9 Å². The maximum atomic E-state index is 14.0. The quantitative estimate of drug-likeness (QED) is 0.875. The van der Waals surface area contributed by atoms with E-state index in [2.05, 4.69) is 0 Å². The first kappa shape index (κ1) is 18.2. The molecule has 7 heteroatoms. The van der Waals surface area contributed by atoms with Crippen LogP contribution in [0.4, 0.5) is 4.39 Å². The number of carbonyl (C=O) groups excluding carboxylic acids is 2. The van der Waals surface area contributed by atoms with E-state index in [4.69, 9.17) is 11.6 Å². The molecule has 2 aromatic carbocycles. The van der Waals surface area contributed by atoms with E-state index in [0.717, 1.165) is 0 Å². The number of hydrogen-bond donors (Lipinski definition) is 1. The molecule has 1 saturated heterocycles. The normalized spacial score (nSPS) is 14.8. The van der Waals surface area contributed by atoms with Gasteiger partial charge in [0.05, 0.1) is 10.6 Å². The van der Waals surface area contributed by atoms with Gasteiger partial charge in [-0.2, -0.15) is 0 Å². The molecule has 1 aliphatic rings. The Bertz CT molecular complexity index is 823. The van der Waals surface area contributed by atoms with Crippen molar-refractivity contribution < 1.29 is 19.1 Å². The molecule has 3 rings (SSSR count). The third kappa shape index (κ3) is 3.80. The Balaban J connectivity index is 1.72. The van der Waals surface area contributed by atoms with Gasteiger partial charge in [0, 0.05) is 31.7 Å². The molecule has 1 N–H and O–H groups in total. The van der Waals surface area contributed by atoms with Crippen LogP contribution in [0.15, 0.2) is 42.5 Å². The summed E-state index contributed by atoms with van der Waals surface area (Å²) >= 11 is 5.98. The average molecular weight is 377 g/mol. The second-order valence-electron chi connectivity index (χ2n) is 6.08. The smallest absolute Gasteiger partial charge is 0.258 e. The van der Waals surface area contributed by atoms with Crippen molar-refractivity contribution in [2.24, 2.45) is 0 Å². The van der Waals surface area contributed by atoms with Crippen LogP contribution < -0.4 is 0 Å². The number of nitrogens with zero attached hydrogens (tertiary/aromatic N) is 2. The topological polar surface area (TPSA) is 60.9 Å². The second kappa shape index (κ2) is 7.74. The summed E-state index contributed by atoms with van der Waals surface area (Å²) in [5, 5.41) is 9.61. The molecule has 0 bridgehead atoms. The van der Waals surface area contributed by atoms with Gasteiger partial charge in [0.1, 0.15) is 11.6 Å². The van der Waals surface area contributed by atoms with Crippen LogP contribution in [0, 0.1) is 5.82 Å². The highest BCUT2D eigenvalue weighted by molar-refractivity contribution is 6.33. The van der Waals surface area contributed by atoms with Gasteiger partial charge in [-0.05, 0) is 36.8 Å². The van der Waals surface area contributed by atoms with Crippen molar-refractivity contribution in [1.82, 2.24) is 9.80 Å². The molecule has 2 aromatic rings. The number of hydrogen-bond acceptors (Lipinski definition) is 3. The van der Waals surface area contributed by atoms with Crippen molar-refractivity contribution in [3.63, 3.8) is 0 Å². The minimum Gasteiger partial charge on any atom is -0.508 e. The Labute approximate surface area is 155 Å². The van der Waals surface area contributed by atoms with Crippen LogP contribution in [-0.4, -0.2) is 52.9 Å². The van der Waals surface area contributed by atoms with E-state index in [0.29, 0.717) is 31.6 Å². The lowest BCUT2D eigenvalue weighted by molar-refractivity contribution is 0.0716. The van der Waals surface area contributed by atoms with E-state index in [-0.39, 0.29) is 28.8 Å². The monoisotopic (exact) mass is 376 g/mol. The van der Waals surface area contributed by atoms with E-state index < -0.39 is 11.7 Å². The van der Waals surface area contributed by atoms with E-state index in [1.807, 2.05) is 0 Å². The van der Waals surface area contributed by atoms with Gasteiger partial charge in [-0.1, -0.05) is 23.7 Å². The first-order valence-corrected chi connectivity index (χ1v) is 8.67. The van der Waals surface area contributed by atoms with Crippen molar-refractivity contribution in [1.29, 1.82) is 0 Å². The van der Waals surface area contributed by atoms with Crippen LogP contribution in [0.2, 0.25) is 5.02 Å². The first-order chi connectivity index (χ1) is 12.5. The number of carbonyl (C=O) groups is 2. The summed E-state index contributed by atoms with van der Waals surface area (Å²) in [7, 11) is 0. The van der Waals surface area contributed by atoms with Crippen LogP contribution in [0.3, 0.4) is 0 Å². The molecule has 2 amide bonds. The highest BCUT2D eigenvalue weighted by atomic mass is 35.5. The summed E-state index contributed by atoms with van der Waals surface area (Å²) in [6.45, 7) is 1.50. The standard InChI is InChI=1S/C19H18ClFN2O3/c20-15-6-2-7-16(21)17(15)19(26)23-9-3-8-22(10-11-23)18(25)13-4-1-5-14(24)12-13/h1-2,4-7,12,24H,3,8-11H2. The molecular weight excluding hydrogens is 359 g/mol. The molecule has 0 radical (unpaired) electrons. The number of benzene rings is 2. The lowest BCUT2D eigenvalue weighted by atomic mass is 10.1. The summed E-state index contributed by atoms with van der Waals surface area (Å²) in [6.07, 6.45) is 0.572. The lowest BCUT2D eigenvalue weighted by Gasteiger charge is -2.23. The largest absolute Gasteiger partial charge is 0.508 e. The molecule has 0 saturated carbocycles. The zero-order valence-electron chi connectivity index (χ0n) is 14.0. The van der Waals surface area contributed by atoms with Crippen LogP contribution in [0.1, 0.15) is 27.1 Å². The fourth-order valence-corrected chi connectivity index (χ4v) is 3.25. The number of aromatic hydroxyl groups is 1. The van der Waals surface area contributed by atoms with Gasteiger partial charge in [0.2, 0.25) is 0 Å². The van der Waals surface area contributed by atoms with E-state index in [9.17, 15) is 19.1 Å². The Kier molecular flexibility index (Phi) is 5.42. The second-order valence-corrected chi connectivity index (χ2v) is 6.49. The highest BCUT2D eigenvalue weighted by Crippen LogP contribution is 2.22. The van der Waals surface area contributed by atoms with Crippen LogP contribution in [0.5, 0.6) is 5.75 Å². The van der Waals surface area contributed by atoms with Crippen molar-refractivity contribution >= 4 is 23.4 Å². The third-order valence-electron chi connectivity index (χ3n) is 4.34. The fraction of sp³-hybridized carbons (Fsp3) is 0.263.